The monoisotopic (exact) mass is 393 g/mol. The van der Waals surface area contributed by atoms with Crippen LogP contribution in [0.5, 0.6) is 0 Å². The molecule has 29 heavy (non-hydrogen) atoms. The van der Waals surface area contributed by atoms with Crippen molar-refractivity contribution in [2.24, 2.45) is 0 Å². The van der Waals surface area contributed by atoms with Crippen molar-refractivity contribution in [3.05, 3.63) is 71.8 Å². The SMILES string of the molecule is CCOC(=O)C1=CN(C(=O)Nc2ccc(F)cc2)CCc2c1[nH]c1ccccc21. The maximum atomic E-state index is 13.1. The minimum absolute atomic E-state index is 0.230. The average molecular weight is 393 g/mol. The Balaban J connectivity index is 1.69. The van der Waals surface area contributed by atoms with Crippen LogP contribution in [0.25, 0.3) is 16.5 Å². The van der Waals surface area contributed by atoms with E-state index in [4.69, 9.17) is 4.74 Å². The number of nitrogens with zero attached hydrogens (tertiary/aromatic N) is 1. The number of para-hydroxylation sites is 1. The Hall–Kier alpha value is -3.61. The third-order valence-electron chi connectivity index (χ3n) is 4.82. The summed E-state index contributed by atoms with van der Waals surface area (Å²) in [5.74, 6) is -0.880. The summed E-state index contributed by atoms with van der Waals surface area (Å²) in [6.45, 7) is 2.35. The molecule has 2 N–H and O–H groups in total. The van der Waals surface area contributed by atoms with Gasteiger partial charge in [-0.2, -0.15) is 0 Å². The fraction of sp³-hybridized carbons (Fsp3) is 0.182. The molecule has 1 aliphatic rings. The molecule has 0 atom stereocenters. The van der Waals surface area contributed by atoms with Crippen molar-refractivity contribution in [1.29, 1.82) is 0 Å². The number of aromatic nitrogens is 1. The van der Waals surface area contributed by atoms with Crippen molar-refractivity contribution >= 4 is 34.2 Å². The van der Waals surface area contributed by atoms with Gasteiger partial charge >= 0.3 is 12.0 Å². The van der Waals surface area contributed by atoms with Crippen molar-refractivity contribution < 1.29 is 18.7 Å². The third kappa shape index (κ3) is 3.71. The number of halogens is 1. The second kappa shape index (κ2) is 7.79. The summed E-state index contributed by atoms with van der Waals surface area (Å²) in [6.07, 6.45) is 2.08. The smallest absolute Gasteiger partial charge is 0.341 e. The molecule has 0 saturated heterocycles. The van der Waals surface area contributed by atoms with Crippen LogP contribution >= 0.6 is 0 Å². The number of esters is 1. The molecule has 0 spiro atoms. The molecule has 4 rings (SSSR count). The molecule has 0 unspecified atom stereocenters. The van der Waals surface area contributed by atoms with Gasteiger partial charge < -0.3 is 15.0 Å². The molecule has 2 amide bonds. The van der Waals surface area contributed by atoms with Crippen LogP contribution < -0.4 is 5.32 Å². The van der Waals surface area contributed by atoms with Gasteiger partial charge in [-0.25, -0.2) is 14.0 Å². The highest BCUT2D eigenvalue weighted by atomic mass is 19.1. The second-order valence-electron chi connectivity index (χ2n) is 6.67. The van der Waals surface area contributed by atoms with E-state index in [0.29, 0.717) is 29.9 Å². The first-order valence-electron chi connectivity index (χ1n) is 9.39. The Morgan fingerprint density at radius 2 is 1.93 bits per heavy atom. The molecule has 0 bridgehead atoms. The van der Waals surface area contributed by atoms with Crippen molar-refractivity contribution in [2.75, 3.05) is 18.5 Å². The summed E-state index contributed by atoms with van der Waals surface area (Å²) in [5, 5.41) is 3.74. The second-order valence-corrected chi connectivity index (χ2v) is 6.67. The van der Waals surface area contributed by atoms with Crippen molar-refractivity contribution in [3.63, 3.8) is 0 Å². The zero-order chi connectivity index (χ0) is 20.4. The van der Waals surface area contributed by atoms with Crippen molar-refractivity contribution in [1.82, 2.24) is 9.88 Å². The number of anilines is 1. The van der Waals surface area contributed by atoms with E-state index in [-0.39, 0.29) is 12.4 Å². The number of urea groups is 1. The van der Waals surface area contributed by atoms with Gasteiger partial charge in [-0.15, -0.1) is 0 Å². The zero-order valence-electron chi connectivity index (χ0n) is 15.9. The molecule has 7 heteroatoms. The molecule has 1 aliphatic heterocycles. The van der Waals surface area contributed by atoms with E-state index >= 15 is 0 Å². The van der Waals surface area contributed by atoms with Crippen LogP contribution in [0, 0.1) is 5.82 Å². The van der Waals surface area contributed by atoms with Crippen LogP contribution in [0.2, 0.25) is 0 Å². The maximum Gasteiger partial charge on any atom is 0.341 e. The summed E-state index contributed by atoms with van der Waals surface area (Å²) in [5.41, 5.74) is 3.33. The minimum Gasteiger partial charge on any atom is -0.462 e. The molecule has 0 aliphatic carbocycles. The molecule has 0 fully saturated rings. The predicted molar refractivity (Wildman–Crippen MR) is 109 cm³/mol. The van der Waals surface area contributed by atoms with E-state index in [2.05, 4.69) is 10.3 Å². The number of rotatable bonds is 3. The number of carbonyl (C=O) groups excluding carboxylic acids is 2. The first-order chi connectivity index (χ1) is 14.1. The van der Waals surface area contributed by atoms with Gasteiger partial charge in [-0.1, -0.05) is 18.2 Å². The van der Waals surface area contributed by atoms with Crippen molar-refractivity contribution in [2.45, 2.75) is 13.3 Å². The quantitative estimate of drug-likeness (QED) is 0.652. The first-order valence-corrected chi connectivity index (χ1v) is 9.39. The molecule has 2 aromatic carbocycles. The van der Waals surface area contributed by atoms with E-state index in [1.165, 1.54) is 35.4 Å². The third-order valence-corrected chi connectivity index (χ3v) is 4.82. The fourth-order valence-electron chi connectivity index (χ4n) is 3.46. The van der Waals surface area contributed by atoms with Gasteiger partial charge in [0.2, 0.25) is 0 Å². The number of nitrogens with one attached hydrogen (secondary N) is 2. The maximum absolute atomic E-state index is 13.1. The van der Waals surface area contributed by atoms with Crippen LogP contribution in [0.15, 0.2) is 54.7 Å². The highest BCUT2D eigenvalue weighted by Crippen LogP contribution is 2.31. The van der Waals surface area contributed by atoms with E-state index < -0.39 is 12.0 Å². The summed E-state index contributed by atoms with van der Waals surface area (Å²) in [7, 11) is 0. The van der Waals surface area contributed by atoms with E-state index in [0.717, 1.165) is 16.5 Å². The van der Waals surface area contributed by atoms with Crippen LogP contribution in [0.3, 0.4) is 0 Å². The molecule has 2 heterocycles. The fourth-order valence-corrected chi connectivity index (χ4v) is 3.46. The lowest BCUT2D eigenvalue weighted by Gasteiger charge is -2.18. The summed E-state index contributed by atoms with van der Waals surface area (Å²) in [4.78, 5) is 30.2. The topological polar surface area (TPSA) is 74.4 Å². The Kier molecular flexibility index (Phi) is 5.03. The molecule has 6 nitrogen and oxygen atoms in total. The molecular formula is C22H20FN3O3. The molecule has 0 saturated carbocycles. The van der Waals surface area contributed by atoms with Gasteiger partial charge in [-0.3, -0.25) is 4.90 Å². The zero-order valence-corrected chi connectivity index (χ0v) is 15.9. The largest absolute Gasteiger partial charge is 0.462 e. The number of amides is 2. The molecule has 148 valence electrons. The summed E-state index contributed by atoms with van der Waals surface area (Å²) in [6, 6.07) is 12.9. The normalized spacial score (nSPS) is 13.4. The van der Waals surface area contributed by atoms with Gasteiger partial charge in [0.1, 0.15) is 5.82 Å². The highest BCUT2D eigenvalue weighted by Gasteiger charge is 2.27. The van der Waals surface area contributed by atoms with Gasteiger partial charge in [0.05, 0.1) is 17.9 Å². The number of aromatic amines is 1. The van der Waals surface area contributed by atoms with Crippen LogP contribution in [0.1, 0.15) is 18.2 Å². The van der Waals surface area contributed by atoms with Gasteiger partial charge in [0, 0.05) is 29.3 Å². The number of carbonyl (C=O) groups is 2. The lowest BCUT2D eigenvalue weighted by Crippen LogP contribution is -2.32. The number of H-pyrrole nitrogens is 1. The predicted octanol–water partition coefficient (Wildman–Crippen LogP) is 4.30. The molecule has 0 radical (unpaired) electrons. The van der Waals surface area contributed by atoms with E-state index in [1.807, 2.05) is 24.3 Å². The van der Waals surface area contributed by atoms with Crippen LogP contribution in [-0.2, 0) is 16.0 Å². The standard InChI is InChI=1S/C22H20FN3O3/c1-2-29-21(27)18-13-26(22(28)24-15-9-7-14(23)8-10-15)12-11-17-16-5-3-4-6-19(16)25-20(17)18/h3-10,13,25H,2,11-12H2,1H3,(H,24,28). The number of fused-ring (bicyclic) bond motifs is 3. The summed E-state index contributed by atoms with van der Waals surface area (Å²) < 4.78 is 18.3. The lowest BCUT2D eigenvalue weighted by atomic mass is 10.0. The van der Waals surface area contributed by atoms with Crippen molar-refractivity contribution in [3.8, 4) is 0 Å². The molecular weight excluding hydrogens is 373 g/mol. The number of hydrogen-bond donors (Lipinski definition) is 2. The van der Waals surface area contributed by atoms with Crippen LogP contribution in [-0.4, -0.2) is 35.0 Å². The minimum atomic E-state index is -0.498. The van der Waals surface area contributed by atoms with Gasteiger partial charge in [0.25, 0.3) is 0 Å². The van der Waals surface area contributed by atoms with Crippen LogP contribution in [0.4, 0.5) is 14.9 Å². The highest BCUT2D eigenvalue weighted by molar-refractivity contribution is 6.18. The Morgan fingerprint density at radius 1 is 1.17 bits per heavy atom. The summed E-state index contributed by atoms with van der Waals surface area (Å²) >= 11 is 0. The van der Waals surface area contributed by atoms with E-state index in [9.17, 15) is 14.0 Å². The number of ether oxygens (including phenoxy) is 1. The number of benzene rings is 2. The van der Waals surface area contributed by atoms with Gasteiger partial charge in [-0.05, 0) is 49.2 Å². The average Bonchev–Trinajstić information content (AvgIpc) is 2.97. The Labute approximate surface area is 167 Å². The van der Waals surface area contributed by atoms with E-state index in [1.54, 1.807) is 6.92 Å². The Morgan fingerprint density at radius 3 is 2.69 bits per heavy atom. The molecule has 3 aromatic rings. The first kappa shape index (κ1) is 18.7. The van der Waals surface area contributed by atoms with Gasteiger partial charge in [0.15, 0.2) is 0 Å². The molecule has 1 aromatic heterocycles. The number of hydrogen-bond acceptors (Lipinski definition) is 3. The lowest BCUT2D eigenvalue weighted by molar-refractivity contribution is -0.136. The Bertz CT molecular complexity index is 1100.